The first-order valence-electron chi connectivity index (χ1n) is 4.32. The first-order valence-corrected chi connectivity index (χ1v) is 4.32. The number of nitrogens with zero attached hydrogens (tertiary/aromatic N) is 2. The van der Waals surface area contributed by atoms with Crippen LogP contribution in [0.2, 0.25) is 0 Å². The van der Waals surface area contributed by atoms with E-state index in [9.17, 15) is 4.79 Å². The molecule has 1 fully saturated rings. The van der Waals surface area contributed by atoms with Crippen molar-refractivity contribution in [1.29, 1.82) is 0 Å². The number of aliphatic carboxylic acids is 1. The fourth-order valence-electron chi connectivity index (χ4n) is 1.90. The van der Waals surface area contributed by atoms with E-state index in [0.29, 0.717) is 0 Å². The average Bonchev–Trinajstić information content (AvgIpc) is 2.51. The molecule has 0 aliphatic heterocycles. The maximum absolute atomic E-state index is 10.7. The van der Waals surface area contributed by atoms with Gasteiger partial charge in [-0.25, -0.2) is 4.98 Å². The Kier molecular flexibility index (Phi) is 1.65. The molecule has 1 aromatic rings. The van der Waals surface area contributed by atoms with Crippen LogP contribution in [-0.2, 0) is 11.8 Å². The molecular formula is C9H12N2O2. The summed E-state index contributed by atoms with van der Waals surface area (Å²) in [4.78, 5) is 14.9. The molecule has 4 heteroatoms. The largest absolute Gasteiger partial charge is 0.481 e. The van der Waals surface area contributed by atoms with E-state index in [1.807, 2.05) is 24.7 Å². The highest BCUT2D eigenvalue weighted by atomic mass is 16.4. The normalized spacial score (nSPS) is 31.7. The molecule has 0 radical (unpaired) electrons. The van der Waals surface area contributed by atoms with E-state index < -0.39 is 5.97 Å². The highest BCUT2D eigenvalue weighted by molar-refractivity contribution is 5.75. The van der Waals surface area contributed by atoms with Gasteiger partial charge in [-0.3, -0.25) is 4.79 Å². The molecule has 1 saturated carbocycles. The van der Waals surface area contributed by atoms with Crippen molar-refractivity contribution in [3.63, 3.8) is 0 Å². The van der Waals surface area contributed by atoms with Crippen molar-refractivity contribution in [1.82, 2.24) is 9.55 Å². The van der Waals surface area contributed by atoms with Gasteiger partial charge in [0, 0.05) is 19.2 Å². The molecule has 0 spiro atoms. The number of hydrogen-bond donors (Lipinski definition) is 1. The molecular weight excluding hydrogens is 168 g/mol. The standard InChI is InChI=1S/C9H12N2O2/c1-5-7(8(5)9(12)13)6-3-11(2)4-10-6/h3-5,7-8H,1-2H3,(H,12,13)/t5-,7?,8+/m1/s1. The van der Waals surface area contributed by atoms with Crippen LogP contribution in [0.3, 0.4) is 0 Å². The zero-order chi connectivity index (χ0) is 9.59. The second kappa shape index (κ2) is 2.58. The number of hydrogen-bond acceptors (Lipinski definition) is 2. The van der Waals surface area contributed by atoms with Crippen molar-refractivity contribution in [3.8, 4) is 0 Å². The van der Waals surface area contributed by atoms with E-state index >= 15 is 0 Å². The fourth-order valence-corrected chi connectivity index (χ4v) is 1.90. The number of carbonyl (C=O) groups is 1. The predicted molar refractivity (Wildman–Crippen MR) is 46.2 cm³/mol. The monoisotopic (exact) mass is 180 g/mol. The molecule has 0 amide bonds. The summed E-state index contributed by atoms with van der Waals surface area (Å²) in [5.41, 5.74) is 0.905. The van der Waals surface area contributed by atoms with Gasteiger partial charge in [-0.2, -0.15) is 0 Å². The Morgan fingerprint density at radius 3 is 2.77 bits per heavy atom. The van der Waals surface area contributed by atoms with Gasteiger partial charge in [-0.05, 0) is 5.92 Å². The molecule has 1 aromatic heterocycles. The van der Waals surface area contributed by atoms with Crippen molar-refractivity contribution in [2.75, 3.05) is 0 Å². The Balaban J connectivity index is 2.17. The predicted octanol–water partition coefficient (Wildman–Crippen LogP) is 0.854. The Labute approximate surface area is 76.2 Å². The van der Waals surface area contributed by atoms with E-state index in [4.69, 9.17) is 5.11 Å². The van der Waals surface area contributed by atoms with Crippen LogP contribution in [-0.4, -0.2) is 20.6 Å². The van der Waals surface area contributed by atoms with Gasteiger partial charge in [0.1, 0.15) is 0 Å². The van der Waals surface area contributed by atoms with Crippen LogP contribution >= 0.6 is 0 Å². The first-order chi connectivity index (χ1) is 6.11. The molecule has 1 heterocycles. The second-order valence-corrected chi connectivity index (χ2v) is 3.71. The van der Waals surface area contributed by atoms with Gasteiger partial charge in [0.15, 0.2) is 0 Å². The van der Waals surface area contributed by atoms with E-state index in [1.165, 1.54) is 0 Å². The van der Waals surface area contributed by atoms with E-state index in [-0.39, 0.29) is 17.8 Å². The van der Waals surface area contributed by atoms with Crippen molar-refractivity contribution in [2.45, 2.75) is 12.8 Å². The quantitative estimate of drug-likeness (QED) is 0.734. The second-order valence-electron chi connectivity index (χ2n) is 3.71. The molecule has 13 heavy (non-hydrogen) atoms. The SMILES string of the molecule is C[C@@H]1C(c2cn(C)cn2)[C@H]1C(=O)O. The number of carboxylic acid groups (broad SMARTS) is 1. The van der Waals surface area contributed by atoms with Crippen LogP contribution in [0.5, 0.6) is 0 Å². The van der Waals surface area contributed by atoms with Gasteiger partial charge in [0.2, 0.25) is 0 Å². The van der Waals surface area contributed by atoms with Crippen molar-refractivity contribution >= 4 is 5.97 Å². The minimum atomic E-state index is -0.705. The Morgan fingerprint density at radius 2 is 2.38 bits per heavy atom. The lowest BCUT2D eigenvalue weighted by molar-refractivity contribution is -0.138. The van der Waals surface area contributed by atoms with Crippen LogP contribution in [0.4, 0.5) is 0 Å². The number of rotatable bonds is 2. The third-order valence-electron chi connectivity index (χ3n) is 2.73. The highest BCUT2D eigenvalue weighted by Crippen LogP contribution is 2.53. The maximum Gasteiger partial charge on any atom is 0.307 e. The van der Waals surface area contributed by atoms with Gasteiger partial charge in [0.05, 0.1) is 17.9 Å². The van der Waals surface area contributed by atoms with Gasteiger partial charge in [-0.15, -0.1) is 0 Å². The van der Waals surface area contributed by atoms with E-state index in [0.717, 1.165) is 5.69 Å². The summed E-state index contributed by atoms with van der Waals surface area (Å²) in [7, 11) is 1.89. The minimum Gasteiger partial charge on any atom is -0.481 e. The smallest absolute Gasteiger partial charge is 0.307 e. The topological polar surface area (TPSA) is 55.1 Å². The fraction of sp³-hybridized carbons (Fsp3) is 0.556. The lowest BCUT2D eigenvalue weighted by atomic mass is 10.2. The molecule has 3 atom stereocenters. The van der Waals surface area contributed by atoms with Crippen molar-refractivity contribution in [2.24, 2.45) is 18.9 Å². The van der Waals surface area contributed by atoms with Gasteiger partial charge in [0.25, 0.3) is 0 Å². The zero-order valence-electron chi connectivity index (χ0n) is 7.64. The Hall–Kier alpha value is -1.32. The summed E-state index contributed by atoms with van der Waals surface area (Å²) in [6, 6.07) is 0. The van der Waals surface area contributed by atoms with Crippen LogP contribution in [0, 0.1) is 11.8 Å². The average molecular weight is 180 g/mol. The zero-order valence-corrected chi connectivity index (χ0v) is 7.64. The number of carboxylic acids is 1. The molecule has 4 nitrogen and oxygen atoms in total. The number of aryl methyl sites for hydroxylation is 1. The van der Waals surface area contributed by atoms with E-state index in [2.05, 4.69) is 4.98 Å². The molecule has 0 saturated heterocycles. The Morgan fingerprint density at radius 1 is 1.69 bits per heavy atom. The summed E-state index contributed by atoms with van der Waals surface area (Å²) in [6.07, 6.45) is 3.60. The van der Waals surface area contributed by atoms with E-state index in [1.54, 1.807) is 6.33 Å². The molecule has 0 aromatic carbocycles. The van der Waals surface area contributed by atoms with Crippen LogP contribution < -0.4 is 0 Å². The maximum atomic E-state index is 10.7. The lowest BCUT2D eigenvalue weighted by Gasteiger charge is -1.89. The molecule has 1 unspecified atom stereocenters. The van der Waals surface area contributed by atoms with Crippen molar-refractivity contribution < 1.29 is 9.90 Å². The molecule has 2 rings (SSSR count). The summed E-state index contributed by atoms with van der Waals surface area (Å²) < 4.78 is 1.85. The van der Waals surface area contributed by atoms with Gasteiger partial charge >= 0.3 is 5.97 Å². The molecule has 1 N–H and O–H groups in total. The van der Waals surface area contributed by atoms with Crippen LogP contribution in [0.15, 0.2) is 12.5 Å². The third kappa shape index (κ3) is 1.22. The summed E-state index contributed by atoms with van der Waals surface area (Å²) in [5.74, 6) is -0.579. The number of imidazole rings is 1. The third-order valence-corrected chi connectivity index (χ3v) is 2.73. The highest BCUT2D eigenvalue weighted by Gasteiger charge is 2.53. The lowest BCUT2D eigenvalue weighted by Crippen LogP contribution is -1.99. The molecule has 1 aliphatic rings. The van der Waals surface area contributed by atoms with Crippen LogP contribution in [0.1, 0.15) is 18.5 Å². The van der Waals surface area contributed by atoms with Gasteiger partial charge < -0.3 is 9.67 Å². The molecule has 1 aliphatic carbocycles. The summed E-state index contributed by atoms with van der Waals surface area (Å²) in [5, 5.41) is 8.83. The summed E-state index contributed by atoms with van der Waals surface area (Å²) in [6.45, 7) is 1.96. The van der Waals surface area contributed by atoms with Crippen LogP contribution in [0.25, 0.3) is 0 Å². The van der Waals surface area contributed by atoms with Crippen molar-refractivity contribution in [3.05, 3.63) is 18.2 Å². The first kappa shape index (κ1) is 8.29. The summed E-state index contributed by atoms with van der Waals surface area (Å²) >= 11 is 0. The molecule has 0 bridgehead atoms. The number of aromatic nitrogens is 2. The minimum absolute atomic E-state index is 0.124. The Bertz CT molecular complexity index is 345. The molecule has 70 valence electrons. The van der Waals surface area contributed by atoms with Gasteiger partial charge in [-0.1, -0.05) is 6.92 Å².